The maximum atomic E-state index is 11.4. The third-order valence-electron chi connectivity index (χ3n) is 2.40. The Morgan fingerprint density at radius 3 is 2.62 bits per heavy atom. The first-order chi connectivity index (χ1) is 7.79. The van der Waals surface area contributed by atoms with Gasteiger partial charge in [0.15, 0.2) is 0 Å². The van der Waals surface area contributed by atoms with E-state index < -0.39 is 0 Å². The van der Waals surface area contributed by atoms with E-state index in [9.17, 15) is 4.79 Å². The molecule has 2 aromatic rings. The van der Waals surface area contributed by atoms with E-state index in [0.29, 0.717) is 13.0 Å². The average molecular weight is 214 g/mol. The number of carbonyl (C=O) groups excluding carboxylic acids is 1. The minimum Gasteiger partial charge on any atom is -0.330 e. The summed E-state index contributed by atoms with van der Waals surface area (Å²) in [5.74, 6) is -0.0437. The maximum Gasteiger partial charge on any atom is 0.225 e. The molecule has 3 nitrogen and oxygen atoms in total. The fraction of sp³-hybridized carbons (Fsp3) is 0.154. The lowest BCUT2D eigenvalue weighted by molar-refractivity contribution is -0.116. The molecule has 1 amide bonds. The number of nitrogens with one attached hydrogen (secondary N) is 1. The van der Waals surface area contributed by atoms with Crippen molar-refractivity contribution < 1.29 is 4.79 Å². The van der Waals surface area contributed by atoms with Gasteiger partial charge in [-0.05, 0) is 22.9 Å². The summed E-state index contributed by atoms with van der Waals surface area (Å²) in [6, 6.07) is 13.9. The molecular weight excluding hydrogens is 200 g/mol. The van der Waals surface area contributed by atoms with Crippen molar-refractivity contribution in [1.29, 1.82) is 0 Å². The van der Waals surface area contributed by atoms with Crippen LogP contribution < -0.4 is 11.1 Å². The molecule has 0 atom stereocenters. The Balaban J connectivity index is 2.22. The zero-order chi connectivity index (χ0) is 11.4. The van der Waals surface area contributed by atoms with E-state index in [-0.39, 0.29) is 5.91 Å². The number of fused-ring (bicyclic) bond motifs is 1. The van der Waals surface area contributed by atoms with Crippen molar-refractivity contribution in [3.05, 3.63) is 42.5 Å². The molecule has 0 saturated heterocycles. The van der Waals surface area contributed by atoms with Gasteiger partial charge in [0.05, 0.1) is 0 Å². The predicted octanol–water partition coefficient (Wildman–Crippen LogP) is 2.13. The molecule has 0 aliphatic carbocycles. The summed E-state index contributed by atoms with van der Waals surface area (Å²) in [6.45, 7) is 0.374. The minimum atomic E-state index is -0.0437. The molecule has 0 bridgehead atoms. The molecule has 0 unspecified atom stereocenters. The molecule has 16 heavy (non-hydrogen) atoms. The molecule has 3 N–H and O–H groups in total. The quantitative estimate of drug-likeness (QED) is 0.822. The number of nitrogens with two attached hydrogens (primary N) is 1. The van der Waals surface area contributed by atoms with Gasteiger partial charge >= 0.3 is 0 Å². The van der Waals surface area contributed by atoms with E-state index in [0.717, 1.165) is 11.1 Å². The Labute approximate surface area is 94.3 Å². The standard InChI is InChI=1S/C13H14N2O/c14-8-7-13(16)15-12-6-5-10-3-1-2-4-11(10)9-12/h1-6,9H,7-8,14H2,(H,15,16). The first-order valence-corrected chi connectivity index (χ1v) is 5.28. The van der Waals surface area contributed by atoms with Crippen LogP contribution in [0.4, 0.5) is 5.69 Å². The molecule has 0 saturated carbocycles. The molecule has 0 aliphatic heterocycles. The third kappa shape index (κ3) is 2.38. The second-order valence-electron chi connectivity index (χ2n) is 3.65. The van der Waals surface area contributed by atoms with Gasteiger partial charge in [-0.25, -0.2) is 0 Å². The fourth-order valence-corrected chi connectivity index (χ4v) is 1.62. The number of anilines is 1. The number of rotatable bonds is 3. The minimum absolute atomic E-state index is 0.0437. The van der Waals surface area contributed by atoms with Gasteiger partial charge in [-0.3, -0.25) is 4.79 Å². The van der Waals surface area contributed by atoms with Crippen LogP contribution in [0.2, 0.25) is 0 Å². The van der Waals surface area contributed by atoms with Crippen LogP contribution in [-0.2, 0) is 4.79 Å². The molecule has 2 aromatic carbocycles. The van der Waals surface area contributed by atoms with E-state index in [1.165, 1.54) is 5.39 Å². The summed E-state index contributed by atoms with van der Waals surface area (Å²) in [4.78, 5) is 11.4. The van der Waals surface area contributed by atoms with Crippen molar-refractivity contribution in [2.45, 2.75) is 6.42 Å². The monoisotopic (exact) mass is 214 g/mol. The average Bonchev–Trinajstić information content (AvgIpc) is 2.29. The van der Waals surface area contributed by atoms with Crippen LogP contribution in [0.15, 0.2) is 42.5 Å². The van der Waals surface area contributed by atoms with Gasteiger partial charge in [-0.1, -0.05) is 30.3 Å². The normalized spacial score (nSPS) is 10.3. The van der Waals surface area contributed by atoms with Crippen LogP contribution in [0.1, 0.15) is 6.42 Å². The number of amides is 1. The third-order valence-corrected chi connectivity index (χ3v) is 2.40. The molecular formula is C13H14N2O. The molecule has 0 heterocycles. The van der Waals surface area contributed by atoms with E-state index >= 15 is 0 Å². The van der Waals surface area contributed by atoms with Crippen LogP contribution in [0.5, 0.6) is 0 Å². The molecule has 0 aromatic heterocycles. The van der Waals surface area contributed by atoms with Gasteiger partial charge in [0.2, 0.25) is 5.91 Å². The zero-order valence-electron chi connectivity index (χ0n) is 8.94. The van der Waals surface area contributed by atoms with E-state index in [1.54, 1.807) is 0 Å². The Morgan fingerprint density at radius 2 is 1.88 bits per heavy atom. The summed E-state index contributed by atoms with van der Waals surface area (Å²) in [6.07, 6.45) is 0.354. The Bertz CT molecular complexity index is 508. The van der Waals surface area contributed by atoms with Gasteiger partial charge in [-0.15, -0.1) is 0 Å². The largest absolute Gasteiger partial charge is 0.330 e. The summed E-state index contributed by atoms with van der Waals surface area (Å²) < 4.78 is 0. The maximum absolute atomic E-state index is 11.4. The van der Waals surface area contributed by atoms with Crippen LogP contribution in [0, 0.1) is 0 Å². The van der Waals surface area contributed by atoms with Crippen molar-refractivity contribution in [3.63, 3.8) is 0 Å². The highest BCUT2D eigenvalue weighted by Crippen LogP contribution is 2.18. The Hall–Kier alpha value is -1.87. The van der Waals surface area contributed by atoms with Crippen molar-refractivity contribution >= 4 is 22.4 Å². The molecule has 0 spiro atoms. The van der Waals surface area contributed by atoms with Crippen molar-refractivity contribution in [1.82, 2.24) is 0 Å². The second-order valence-corrected chi connectivity index (χ2v) is 3.65. The van der Waals surface area contributed by atoms with E-state index in [4.69, 9.17) is 5.73 Å². The molecule has 0 fully saturated rings. The molecule has 82 valence electrons. The highest BCUT2D eigenvalue weighted by molar-refractivity contribution is 5.94. The van der Waals surface area contributed by atoms with Crippen molar-refractivity contribution in [2.24, 2.45) is 5.73 Å². The lowest BCUT2D eigenvalue weighted by Crippen LogP contribution is -2.16. The van der Waals surface area contributed by atoms with Crippen LogP contribution in [0.25, 0.3) is 10.8 Å². The van der Waals surface area contributed by atoms with Crippen molar-refractivity contribution in [2.75, 3.05) is 11.9 Å². The van der Waals surface area contributed by atoms with Gasteiger partial charge < -0.3 is 11.1 Å². The van der Waals surface area contributed by atoms with Crippen LogP contribution in [0.3, 0.4) is 0 Å². The highest BCUT2D eigenvalue weighted by atomic mass is 16.1. The van der Waals surface area contributed by atoms with Gasteiger partial charge in [-0.2, -0.15) is 0 Å². The molecule has 2 rings (SSSR count). The zero-order valence-corrected chi connectivity index (χ0v) is 8.94. The first kappa shape index (κ1) is 10.6. The van der Waals surface area contributed by atoms with Crippen LogP contribution >= 0.6 is 0 Å². The fourth-order valence-electron chi connectivity index (χ4n) is 1.62. The smallest absolute Gasteiger partial charge is 0.225 e. The predicted molar refractivity (Wildman–Crippen MR) is 66.2 cm³/mol. The Kier molecular flexibility index (Phi) is 3.17. The highest BCUT2D eigenvalue weighted by Gasteiger charge is 2.01. The van der Waals surface area contributed by atoms with Gasteiger partial charge in [0, 0.05) is 18.7 Å². The van der Waals surface area contributed by atoms with Crippen molar-refractivity contribution in [3.8, 4) is 0 Å². The molecule has 0 aliphatic rings. The summed E-state index contributed by atoms with van der Waals surface area (Å²) in [5, 5.41) is 5.10. The lowest BCUT2D eigenvalue weighted by Gasteiger charge is -2.05. The molecule has 0 radical (unpaired) electrons. The SMILES string of the molecule is NCCC(=O)Nc1ccc2ccccc2c1. The number of carbonyl (C=O) groups is 1. The number of hydrogen-bond acceptors (Lipinski definition) is 2. The topological polar surface area (TPSA) is 55.1 Å². The number of benzene rings is 2. The van der Waals surface area contributed by atoms with Gasteiger partial charge in [0.1, 0.15) is 0 Å². The Morgan fingerprint density at radius 1 is 1.12 bits per heavy atom. The molecule has 3 heteroatoms. The van der Waals surface area contributed by atoms with Crippen LogP contribution in [-0.4, -0.2) is 12.5 Å². The van der Waals surface area contributed by atoms with E-state index in [1.807, 2.05) is 42.5 Å². The number of hydrogen-bond donors (Lipinski definition) is 2. The lowest BCUT2D eigenvalue weighted by atomic mass is 10.1. The first-order valence-electron chi connectivity index (χ1n) is 5.28. The summed E-state index contributed by atoms with van der Waals surface area (Å²) >= 11 is 0. The van der Waals surface area contributed by atoms with Gasteiger partial charge in [0.25, 0.3) is 0 Å². The summed E-state index contributed by atoms with van der Waals surface area (Å²) in [7, 11) is 0. The second kappa shape index (κ2) is 4.77. The van der Waals surface area contributed by atoms with E-state index in [2.05, 4.69) is 5.32 Å². The summed E-state index contributed by atoms with van der Waals surface area (Å²) in [5.41, 5.74) is 6.13.